The van der Waals surface area contributed by atoms with Crippen molar-refractivity contribution in [2.24, 2.45) is 0 Å². The number of carbonyl (C=O) groups excluding carboxylic acids is 2. The summed E-state index contributed by atoms with van der Waals surface area (Å²) in [6.45, 7) is 3.67. The molecule has 0 aliphatic heterocycles. The largest absolute Gasteiger partial charge is 0.481 e. The highest BCUT2D eigenvalue weighted by Gasteiger charge is 2.18. The van der Waals surface area contributed by atoms with Gasteiger partial charge in [-0.1, -0.05) is 11.3 Å². The SMILES string of the molecule is CCOC(=O)c1sc(NC(=O)c2cc(OC)ncn2)nc1C. The van der Waals surface area contributed by atoms with Crippen LogP contribution in [-0.2, 0) is 4.74 Å². The molecule has 0 fully saturated rings. The van der Waals surface area contributed by atoms with E-state index in [1.54, 1.807) is 13.8 Å². The molecule has 9 heteroatoms. The Morgan fingerprint density at radius 3 is 2.82 bits per heavy atom. The summed E-state index contributed by atoms with van der Waals surface area (Å²) in [4.78, 5) is 36.0. The van der Waals surface area contributed by atoms with Crippen LogP contribution in [0.3, 0.4) is 0 Å². The third-order valence-corrected chi connectivity index (χ3v) is 3.61. The van der Waals surface area contributed by atoms with E-state index in [4.69, 9.17) is 9.47 Å². The normalized spacial score (nSPS) is 10.1. The van der Waals surface area contributed by atoms with Crippen LogP contribution in [0.15, 0.2) is 12.4 Å². The monoisotopic (exact) mass is 322 g/mol. The molecule has 0 aliphatic rings. The van der Waals surface area contributed by atoms with Crippen LogP contribution < -0.4 is 10.1 Å². The summed E-state index contributed by atoms with van der Waals surface area (Å²) in [6.07, 6.45) is 1.23. The Morgan fingerprint density at radius 1 is 1.36 bits per heavy atom. The summed E-state index contributed by atoms with van der Waals surface area (Å²) in [7, 11) is 1.44. The minimum Gasteiger partial charge on any atom is -0.481 e. The molecular formula is C13H14N4O4S. The Balaban J connectivity index is 2.15. The smallest absolute Gasteiger partial charge is 0.350 e. The van der Waals surface area contributed by atoms with Gasteiger partial charge >= 0.3 is 5.97 Å². The molecule has 0 saturated heterocycles. The second kappa shape index (κ2) is 6.94. The lowest BCUT2D eigenvalue weighted by Gasteiger charge is -2.02. The van der Waals surface area contributed by atoms with Crippen molar-refractivity contribution >= 4 is 28.3 Å². The van der Waals surface area contributed by atoms with E-state index in [1.165, 1.54) is 19.5 Å². The van der Waals surface area contributed by atoms with Gasteiger partial charge in [-0.25, -0.2) is 19.7 Å². The van der Waals surface area contributed by atoms with Gasteiger partial charge in [0.05, 0.1) is 19.4 Å². The molecule has 0 bridgehead atoms. The van der Waals surface area contributed by atoms with E-state index >= 15 is 0 Å². The van der Waals surface area contributed by atoms with Crippen molar-refractivity contribution in [1.82, 2.24) is 15.0 Å². The van der Waals surface area contributed by atoms with Crippen molar-refractivity contribution in [3.05, 3.63) is 28.7 Å². The zero-order chi connectivity index (χ0) is 16.1. The Labute approximate surface area is 130 Å². The molecule has 1 amide bonds. The molecule has 0 aromatic carbocycles. The van der Waals surface area contributed by atoms with Gasteiger partial charge in [0, 0.05) is 6.07 Å². The first kappa shape index (κ1) is 15.8. The Morgan fingerprint density at radius 2 is 2.14 bits per heavy atom. The average molecular weight is 322 g/mol. The summed E-state index contributed by atoms with van der Waals surface area (Å²) in [5.41, 5.74) is 0.636. The zero-order valence-corrected chi connectivity index (χ0v) is 13.1. The number of rotatable bonds is 5. The summed E-state index contributed by atoms with van der Waals surface area (Å²) in [5, 5.41) is 2.88. The van der Waals surface area contributed by atoms with Gasteiger partial charge in [0.15, 0.2) is 5.13 Å². The number of amides is 1. The number of hydrogen-bond donors (Lipinski definition) is 1. The summed E-state index contributed by atoms with van der Waals surface area (Å²) < 4.78 is 9.86. The first-order chi connectivity index (χ1) is 10.5. The van der Waals surface area contributed by atoms with Crippen LogP contribution in [0.5, 0.6) is 5.88 Å². The molecule has 2 aromatic heterocycles. The number of thiazole rings is 1. The predicted octanol–water partition coefficient (Wildman–Crippen LogP) is 1.68. The van der Waals surface area contributed by atoms with Gasteiger partial charge in [-0.3, -0.25) is 10.1 Å². The van der Waals surface area contributed by atoms with Crippen molar-refractivity contribution in [1.29, 1.82) is 0 Å². The van der Waals surface area contributed by atoms with E-state index < -0.39 is 11.9 Å². The van der Waals surface area contributed by atoms with Crippen molar-refractivity contribution in [2.45, 2.75) is 13.8 Å². The number of methoxy groups -OCH3 is 1. The van der Waals surface area contributed by atoms with Crippen LogP contribution in [0.4, 0.5) is 5.13 Å². The Bertz CT molecular complexity index is 701. The first-order valence-corrected chi connectivity index (χ1v) is 7.18. The lowest BCUT2D eigenvalue weighted by atomic mass is 10.4. The molecule has 8 nitrogen and oxygen atoms in total. The molecule has 0 aliphatic carbocycles. The molecule has 0 atom stereocenters. The van der Waals surface area contributed by atoms with Gasteiger partial charge in [-0.05, 0) is 13.8 Å². The maximum absolute atomic E-state index is 12.1. The van der Waals surface area contributed by atoms with Gasteiger partial charge < -0.3 is 9.47 Å². The van der Waals surface area contributed by atoms with Crippen LogP contribution in [0.25, 0.3) is 0 Å². The van der Waals surface area contributed by atoms with Gasteiger partial charge in [0.2, 0.25) is 5.88 Å². The van der Waals surface area contributed by atoms with Crippen LogP contribution >= 0.6 is 11.3 Å². The van der Waals surface area contributed by atoms with Crippen molar-refractivity contribution in [2.75, 3.05) is 19.0 Å². The molecule has 2 aromatic rings. The fourth-order valence-corrected chi connectivity index (χ4v) is 2.43. The molecule has 0 radical (unpaired) electrons. The maximum Gasteiger partial charge on any atom is 0.350 e. The number of anilines is 1. The third kappa shape index (κ3) is 3.55. The van der Waals surface area contributed by atoms with Crippen LogP contribution in [0.1, 0.15) is 32.8 Å². The summed E-state index contributed by atoms with van der Waals surface area (Å²) in [6, 6.07) is 1.40. The van der Waals surface area contributed by atoms with Crippen LogP contribution in [-0.4, -0.2) is 40.5 Å². The first-order valence-electron chi connectivity index (χ1n) is 6.37. The van der Waals surface area contributed by atoms with E-state index in [0.717, 1.165) is 11.3 Å². The highest BCUT2D eigenvalue weighted by atomic mass is 32.1. The zero-order valence-electron chi connectivity index (χ0n) is 12.2. The highest BCUT2D eigenvalue weighted by Crippen LogP contribution is 2.23. The standard InChI is InChI=1S/C13H14N4O4S/c1-4-21-12(19)10-7(2)16-13(22-10)17-11(18)8-5-9(20-3)15-6-14-8/h5-6H,4H2,1-3H3,(H,16,17,18). The second-order valence-corrected chi connectivity index (χ2v) is 5.05. The number of esters is 1. The molecule has 1 N–H and O–H groups in total. The van der Waals surface area contributed by atoms with Gasteiger partial charge in [-0.15, -0.1) is 0 Å². The lowest BCUT2D eigenvalue weighted by molar-refractivity contribution is 0.0531. The maximum atomic E-state index is 12.1. The number of aryl methyl sites for hydroxylation is 1. The fourth-order valence-electron chi connectivity index (χ4n) is 1.57. The average Bonchev–Trinajstić information content (AvgIpc) is 2.88. The number of carbonyl (C=O) groups is 2. The van der Waals surface area contributed by atoms with Crippen molar-refractivity contribution in [3.8, 4) is 5.88 Å². The van der Waals surface area contributed by atoms with E-state index in [1.807, 2.05) is 0 Å². The number of aromatic nitrogens is 3. The molecule has 22 heavy (non-hydrogen) atoms. The fraction of sp³-hybridized carbons (Fsp3) is 0.308. The van der Waals surface area contributed by atoms with E-state index in [9.17, 15) is 9.59 Å². The number of nitrogens with one attached hydrogen (secondary N) is 1. The van der Waals surface area contributed by atoms with E-state index in [-0.39, 0.29) is 18.2 Å². The van der Waals surface area contributed by atoms with Gasteiger partial charge in [0.1, 0.15) is 16.9 Å². The molecule has 2 rings (SSSR count). The molecule has 116 valence electrons. The second-order valence-electron chi connectivity index (χ2n) is 4.05. The summed E-state index contributed by atoms with van der Waals surface area (Å²) >= 11 is 1.05. The molecule has 0 saturated carbocycles. The molecular weight excluding hydrogens is 308 g/mol. The molecule has 0 spiro atoms. The Hall–Kier alpha value is -2.55. The summed E-state index contributed by atoms with van der Waals surface area (Å²) in [5.74, 6) is -0.644. The lowest BCUT2D eigenvalue weighted by Crippen LogP contribution is -2.13. The van der Waals surface area contributed by atoms with Gasteiger partial charge in [0.25, 0.3) is 5.91 Å². The molecule has 0 unspecified atom stereocenters. The van der Waals surface area contributed by atoms with Crippen LogP contribution in [0.2, 0.25) is 0 Å². The quantitative estimate of drug-likeness (QED) is 0.835. The van der Waals surface area contributed by atoms with E-state index in [2.05, 4.69) is 20.3 Å². The van der Waals surface area contributed by atoms with Crippen LogP contribution in [0, 0.1) is 6.92 Å². The minimum atomic E-state index is -0.468. The minimum absolute atomic E-state index is 0.136. The van der Waals surface area contributed by atoms with Crippen molar-refractivity contribution in [3.63, 3.8) is 0 Å². The Kier molecular flexibility index (Phi) is 4.99. The molecule has 2 heterocycles. The topological polar surface area (TPSA) is 103 Å². The highest BCUT2D eigenvalue weighted by molar-refractivity contribution is 7.17. The van der Waals surface area contributed by atoms with E-state index in [0.29, 0.717) is 15.7 Å². The van der Waals surface area contributed by atoms with Gasteiger partial charge in [-0.2, -0.15) is 0 Å². The number of nitrogens with zero attached hydrogens (tertiary/aromatic N) is 3. The third-order valence-electron chi connectivity index (χ3n) is 2.56. The number of ether oxygens (including phenoxy) is 2. The predicted molar refractivity (Wildman–Crippen MR) is 79.3 cm³/mol. The van der Waals surface area contributed by atoms with Crippen molar-refractivity contribution < 1.29 is 19.1 Å². The number of hydrogen-bond acceptors (Lipinski definition) is 8.